The lowest BCUT2D eigenvalue weighted by Gasteiger charge is -2.40. The summed E-state index contributed by atoms with van der Waals surface area (Å²) in [5, 5.41) is 1.17. The van der Waals surface area contributed by atoms with Gasteiger partial charge in [0, 0.05) is 43.2 Å². The molecule has 0 saturated carbocycles. The third kappa shape index (κ3) is 2.74. The Bertz CT molecular complexity index is 625. The first kappa shape index (κ1) is 14.3. The molecule has 1 aromatic heterocycles. The summed E-state index contributed by atoms with van der Waals surface area (Å²) in [6, 6.07) is 11.0. The van der Waals surface area contributed by atoms with Crippen LogP contribution in [0.1, 0.15) is 19.4 Å². The van der Waals surface area contributed by atoms with Crippen molar-refractivity contribution in [3.05, 3.63) is 35.9 Å². The molecule has 2 aromatic rings. The van der Waals surface area contributed by atoms with Crippen molar-refractivity contribution in [2.24, 2.45) is 5.73 Å². The van der Waals surface area contributed by atoms with Gasteiger partial charge in [-0.25, -0.2) is 4.98 Å². The zero-order valence-corrected chi connectivity index (χ0v) is 12.9. The summed E-state index contributed by atoms with van der Waals surface area (Å²) < 4.78 is 0. The van der Waals surface area contributed by atoms with Crippen LogP contribution in [0.4, 0.5) is 5.82 Å². The number of nitrogens with two attached hydrogens (primary N) is 1. The van der Waals surface area contributed by atoms with Crippen LogP contribution in [0.2, 0.25) is 0 Å². The van der Waals surface area contributed by atoms with E-state index in [1.165, 1.54) is 5.39 Å². The molecule has 4 nitrogen and oxygen atoms in total. The molecule has 1 unspecified atom stereocenters. The van der Waals surface area contributed by atoms with E-state index in [9.17, 15) is 0 Å². The van der Waals surface area contributed by atoms with E-state index in [-0.39, 0.29) is 0 Å². The topological polar surface area (TPSA) is 45.4 Å². The van der Waals surface area contributed by atoms with Gasteiger partial charge in [0.2, 0.25) is 0 Å². The molecular weight excluding hydrogens is 260 g/mol. The van der Waals surface area contributed by atoms with Crippen LogP contribution in [0.3, 0.4) is 0 Å². The number of hydrogen-bond acceptors (Lipinski definition) is 4. The maximum Gasteiger partial charge on any atom is 0.133 e. The Morgan fingerprint density at radius 1 is 1.29 bits per heavy atom. The minimum Gasteiger partial charge on any atom is -0.353 e. The molecule has 4 heteroatoms. The van der Waals surface area contributed by atoms with Crippen LogP contribution < -0.4 is 10.6 Å². The summed E-state index contributed by atoms with van der Waals surface area (Å²) in [5.41, 5.74) is 8.15. The third-order valence-corrected chi connectivity index (χ3v) is 4.47. The number of rotatable bonds is 3. The highest BCUT2D eigenvalue weighted by Crippen LogP contribution is 2.25. The lowest BCUT2D eigenvalue weighted by molar-refractivity contribution is 0.199. The average Bonchev–Trinajstić information content (AvgIpc) is 2.53. The first-order valence-corrected chi connectivity index (χ1v) is 7.80. The summed E-state index contributed by atoms with van der Waals surface area (Å²) in [4.78, 5) is 9.79. The first-order valence-electron chi connectivity index (χ1n) is 7.80. The number of piperazine rings is 1. The zero-order chi connectivity index (χ0) is 14.8. The lowest BCUT2D eigenvalue weighted by atomic mass is 10.1. The largest absolute Gasteiger partial charge is 0.353 e. The van der Waals surface area contributed by atoms with Crippen LogP contribution >= 0.6 is 0 Å². The molecule has 112 valence electrons. The fourth-order valence-electron chi connectivity index (χ4n) is 3.23. The van der Waals surface area contributed by atoms with Gasteiger partial charge in [0.15, 0.2) is 0 Å². The standard InChI is InChI=1S/C17H24N4/c1-3-20-8-9-21(12-13(20)2)17-15(11-18)10-14-6-4-5-7-16(14)19-17/h4-7,10,13H,3,8-9,11-12,18H2,1-2H3. The highest BCUT2D eigenvalue weighted by molar-refractivity contribution is 5.81. The molecule has 1 aliphatic rings. The molecular formula is C17H24N4. The van der Waals surface area contributed by atoms with E-state index >= 15 is 0 Å². The number of benzene rings is 1. The van der Waals surface area contributed by atoms with E-state index in [0.29, 0.717) is 12.6 Å². The molecule has 1 aromatic carbocycles. The van der Waals surface area contributed by atoms with E-state index < -0.39 is 0 Å². The normalized spacial score (nSPS) is 20.1. The first-order chi connectivity index (χ1) is 10.2. The second kappa shape index (κ2) is 6.00. The average molecular weight is 284 g/mol. The minimum atomic E-state index is 0.537. The lowest BCUT2D eigenvalue weighted by Crippen LogP contribution is -2.52. The quantitative estimate of drug-likeness (QED) is 0.939. The van der Waals surface area contributed by atoms with Crippen molar-refractivity contribution < 1.29 is 0 Å². The Balaban J connectivity index is 1.96. The molecule has 0 amide bonds. The minimum absolute atomic E-state index is 0.537. The van der Waals surface area contributed by atoms with Crippen molar-refractivity contribution in [2.45, 2.75) is 26.4 Å². The fourth-order valence-corrected chi connectivity index (χ4v) is 3.23. The van der Waals surface area contributed by atoms with E-state index in [1.807, 2.05) is 12.1 Å². The number of para-hydroxylation sites is 1. The van der Waals surface area contributed by atoms with Gasteiger partial charge in [-0.3, -0.25) is 4.90 Å². The third-order valence-electron chi connectivity index (χ3n) is 4.47. The fraction of sp³-hybridized carbons (Fsp3) is 0.471. The van der Waals surface area contributed by atoms with Crippen LogP contribution in [0.25, 0.3) is 10.9 Å². The Kier molecular flexibility index (Phi) is 4.08. The van der Waals surface area contributed by atoms with Crippen LogP contribution in [0.5, 0.6) is 0 Å². The van der Waals surface area contributed by atoms with Gasteiger partial charge in [0.05, 0.1) is 5.52 Å². The zero-order valence-electron chi connectivity index (χ0n) is 12.9. The molecule has 1 saturated heterocycles. The Labute approximate surface area is 126 Å². The van der Waals surface area contributed by atoms with Gasteiger partial charge in [0.25, 0.3) is 0 Å². The number of nitrogens with zero attached hydrogens (tertiary/aromatic N) is 3. The predicted molar refractivity (Wildman–Crippen MR) is 88.6 cm³/mol. The molecule has 1 atom stereocenters. The molecule has 2 heterocycles. The number of anilines is 1. The van der Waals surface area contributed by atoms with Crippen LogP contribution in [-0.4, -0.2) is 42.1 Å². The van der Waals surface area contributed by atoms with E-state index in [2.05, 4.69) is 41.8 Å². The number of likely N-dealkylation sites (N-methyl/N-ethyl adjacent to an activating group) is 1. The Morgan fingerprint density at radius 3 is 2.81 bits per heavy atom. The van der Waals surface area contributed by atoms with Gasteiger partial charge in [-0.2, -0.15) is 0 Å². The van der Waals surface area contributed by atoms with E-state index in [1.54, 1.807) is 0 Å². The maximum atomic E-state index is 5.96. The van der Waals surface area contributed by atoms with Crippen LogP contribution in [0.15, 0.2) is 30.3 Å². The molecule has 21 heavy (non-hydrogen) atoms. The second-order valence-corrected chi connectivity index (χ2v) is 5.79. The van der Waals surface area contributed by atoms with Gasteiger partial charge in [-0.05, 0) is 25.6 Å². The van der Waals surface area contributed by atoms with Gasteiger partial charge in [-0.15, -0.1) is 0 Å². The highest BCUT2D eigenvalue weighted by atomic mass is 15.3. The van der Waals surface area contributed by atoms with Crippen molar-refractivity contribution in [3.8, 4) is 0 Å². The van der Waals surface area contributed by atoms with Crippen molar-refractivity contribution in [2.75, 3.05) is 31.1 Å². The second-order valence-electron chi connectivity index (χ2n) is 5.79. The van der Waals surface area contributed by atoms with Crippen molar-refractivity contribution in [1.29, 1.82) is 0 Å². The molecule has 2 N–H and O–H groups in total. The van der Waals surface area contributed by atoms with Crippen molar-refractivity contribution >= 4 is 16.7 Å². The summed E-state index contributed by atoms with van der Waals surface area (Å²) in [5.74, 6) is 1.07. The summed E-state index contributed by atoms with van der Waals surface area (Å²) in [6.45, 7) is 9.31. The monoisotopic (exact) mass is 284 g/mol. The summed E-state index contributed by atoms with van der Waals surface area (Å²) >= 11 is 0. The highest BCUT2D eigenvalue weighted by Gasteiger charge is 2.24. The molecule has 0 radical (unpaired) electrons. The molecule has 1 fully saturated rings. The SMILES string of the molecule is CCN1CCN(c2nc3ccccc3cc2CN)CC1C. The van der Waals surface area contributed by atoms with Gasteiger partial charge in [0.1, 0.15) is 5.82 Å². The molecule has 3 rings (SSSR count). The predicted octanol–water partition coefficient (Wildman–Crippen LogP) is 2.22. The Morgan fingerprint density at radius 2 is 2.10 bits per heavy atom. The molecule has 1 aliphatic heterocycles. The van der Waals surface area contributed by atoms with Crippen molar-refractivity contribution in [3.63, 3.8) is 0 Å². The van der Waals surface area contributed by atoms with E-state index in [4.69, 9.17) is 10.7 Å². The van der Waals surface area contributed by atoms with Crippen LogP contribution in [0, 0.1) is 0 Å². The maximum absolute atomic E-state index is 5.96. The van der Waals surface area contributed by atoms with Crippen LogP contribution in [-0.2, 0) is 6.54 Å². The van der Waals surface area contributed by atoms with Gasteiger partial charge < -0.3 is 10.6 Å². The molecule has 0 bridgehead atoms. The number of hydrogen-bond donors (Lipinski definition) is 1. The van der Waals surface area contributed by atoms with Gasteiger partial charge >= 0.3 is 0 Å². The number of fused-ring (bicyclic) bond motifs is 1. The molecule has 0 aliphatic carbocycles. The summed E-state index contributed by atoms with van der Waals surface area (Å²) in [7, 11) is 0. The number of pyridine rings is 1. The number of aromatic nitrogens is 1. The smallest absolute Gasteiger partial charge is 0.133 e. The summed E-state index contributed by atoms with van der Waals surface area (Å²) in [6.07, 6.45) is 0. The van der Waals surface area contributed by atoms with Crippen molar-refractivity contribution in [1.82, 2.24) is 9.88 Å². The Hall–Kier alpha value is -1.65. The van der Waals surface area contributed by atoms with Gasteiger partial charge in [-0.1, -0.05) is 25.1 Å². The van der Waals surface area contributed by atoms with E-state index in [0.717, 1.165) is 43.1 Å². The molecule has 0 spiro atoms.